The molecule has 0 aromatic heterocycles. The molecule has 7 nitrogen and oxygen atoms in total. The van der Waals surface area contributed by atoms with Crippen molar-refractivity contribution in [2.75, 3.05) is 20.3 Å². The zero-order chi connectivity index (χ0) is 24.7. The van der Waals surface area contributed by atoms with Crippen LogP contribution < -0.4 is 14.8 Å². The van der Waals surface area contributed by atoms with Gasteiger partial charge in [-0.3, -0.25) is 4.79 Å². The Bertz CT molecular complexity index is 1150. The summed E-state index contributed by atoms with van der Waals surface area (Å²) in [7, 11) is 1.55. The summed E-state index contributed by atoms with van der Waals surface area (Å²) in [6, 6.07) is 15.9. The third-order valence-corrected chi connectivity index (χ3v) is 5.66. The van der Waals surface area contributed by atoms with Gasteiger partial charge in [0.1, 0.15) is 24.1 Å². The SMILES string of the molecule is COc1cccc(OCCO)c1-c1ccc(C[C@H](NC(=O)c2c(Cl)cccc2Cl)C(=O)O)cc1. The molecule has 1 amide bonds. The van der Waals surface area contributed by atoms with Crippen molar-refractivity contribution in [3.05, 3.63) is 81.8 Å². The van der Waals surface area contributed by atoms with E-state index < -0.39 is 17.9 Å². The Labute approximate surface area is 206 Å². The highest BCUT2D eigenvalue weighted by Gasteiger charge is 2.24. The molecule has 0 spiro atoms. The molecule has 9 heteroatoms. The van der Waals surface area contributed by atoms with Crippen molar-refractivity contribution >= 4 is 35.1 Å². The highest BCUT2D eigenvalue weighted by molar-refractivity contribution is 6.39. The van der Waals surface area contributed by atoms with Crippen LogP contribution in [0.5, 0.6) is 11.5 Å². The molecule has 3 rings (SSSR count). The van der Waals surface area contributed by atoms with Gasteiger partial charge in [0.2, 0.25) is 0 Å². The number of aliphatic carboxylic acids is 1. The van der Waals surface area contributed by atoms with Gasteiger partial charge in [0.15, 0.2) is 0 Å². The molecule has 0 aliphatic heterocycles. The fourth-order valence-corrected chi connectivity index (χ4v) is 4.00. The molecular weight excluding hydrogens is 481 g/mol. The lowest BCUT2D eigenvalue weighted by atomic mass is 9.99. The van der Waals surface area contributed by atoms with Gasteiger partial charge in [-0.05, 0) is 35.4 Å². The number of hydrogen-bond donors (Lipinski definition) is 3. The van der Waals surface area contributed by atoms with E-state index in [9.17, 15) is 14.7 Å². The number of methoxy groups -OCH3 is 1. The van der Waals surface area contributed by atoms with Gasteiger partial charge in [0.25, 0.3) is 5.91 Å². The molecule has 0 heterocycles. The van der Waals surface area contributed by atoms with Crippen LogP contribution in [0.1, 0.15) is 15.9 Å². The summed E-state index contributed by atoms with van der Waals surface area (Å²) in [5, 5.41) is 21.5. The minimum atomic E-state index is -1.19. The number of carbonyl (C=O) groups excluding carboxylic acids is 1. The lowest BCUT2D eigenvalue weighted by molar-refractivity contribution is -0.139. The smallest absolute Gasteiger partial charge is 0.326 e. The number of ether oxygens (including phenoxy) is 2. The Morgan fingerprint density at radius 3 is 2.18 bits per heavy atom. The van der Waals surface area contributed by atoms with Crippen molar-refractivity contribution in [1.82, 2.24) is 5.32 Å². The molecule has 1 atom stereocenters. The number of amides is 1. The normalized spacial score (nSPS) is 11.5. The van der Waals surface area contributed by atoms with Crippen LogP contribution in [0.4, 0.5) is 0 Å². The van der Waals surface area contributed by atoms with Gasteiger partial charge in [-0.15, -0.1) is 0 Å². The van der Waals surface area contributed by atoms with Crippen molar-refractivity contribution in [1.29, 1.82) is 0 Å². The minimum absolute atomic E-state index is 0.0269. The average Bonchev–Trinajstić information content (AvgIpc) is 2.82. The molecule has 3 N–H and O–H groups in total. The number of carbonyl (C=O) groups is 2. The number of aliphatic hydroxyl groups excluding tert-OH is 1. The summed E-state index contributed by atoms with van der Waals surface area (Å²) in [4.78, 5) is 24.5. The molecule has 34 heavy (non-hydrogen) atoms. The number of aliphatic hydroxyl groups is 1. The maximum absolute atomic E-state index is 12.6. The fraction of sp³-hybridized carbons (Fsp3) is 0.200. The minimum Gasteiger partial charge on any atom is -0.496 e. The molecule has 3 aromatic carbocycles. The number of nitrogens with one attached hydrogen (secondary N) is 1. The van der Waals surface area contributed by atoms with Gasteiger partial charge in [-0.25, -0.2) is 4.79 Å². The van der Waals surface area contributed by atoms with Crippen molar-refractivity contribution in [2.24, 2.45) is 0 Å². The number of hydrogen-bond acceptors (Lipinski definition) is 5. The Morgan fingerprint density at radius 1 is 0.971 bits per heavy atom. The third-order valence-electron chi connectivity index (χ3n) is 5.03. The summed E-state index contributed by atoms with van der Waals surface area (Å²) >= 11 is 12.1. The Morgan fingerprint density at radius 2 is 1.59 bits per heavy atom. The van der Waals surface area contributed by atoms with Gasteiger partial charge in [-0.1, -0.05) is 59.6 Å². The van der Waals surface area contributed by atoms with Crippen LogP contribution in [0, 0.1) is 0 Å². The van der Waals surface area contributed by atoms with E-state index in [2.05, 4.69) is 5.32 Å². The van der Waals surface area contributed by atoms with E-state index in [1.54, 1.807) is 43.5 Å². The number of carboxylic acid groups (broad SMARTS) is 1. The maximum atomic E-state index is 12.6. The molecule has 0 aliphatic carbocycles. The zero-order valence-electron chi connectivity index (χ0n) is 18.3. The average molecular weight is 504 g/mol. The molecule has 0 radical (unpaired) electrons. The molecule has 3 aromatic rings. The van der Waals surface area contributed by atoms with Gasteiger partial charge in [0.05, 0.1) is 34.9 Å². The van der Waals surface area contributed by atoms with E-state index >= 15 is 0 Å². The number of halogens is 2. The molecule has 178 valence electrons. The Hall–Kier alpha value is -3.26. The van der Waals surface area contributed by atoms with Crippen molar-refractivity contribution in [3.8, 4) is 22.6 Å². The molecule has 0 aliphatic rings. The lowest BCUT2D eigenvalue weighted by Crippen LogP contribution is -2.42. The molecule has 0 fully saturated rings. The Kier molecular flexibility index (Phi) is 8.76. The van der Waals surface area contributed by atoms with Crippen molar-refractivity contribution in [3.63, 3.8) is 0 Å². The summed E-state index contributed by atoms with van der Waals surface area (Å²) < 4.78 is 11.1. The summed E-state index contributed by atoms with van der Waals surface area (Å²) in [6.07, 6.45) is 0.0449. The van der Waals surface area contributed by atoms with E-state index in [1.807, 2.05) is 12.1 Å². The zero-order valence-corrected chi connectivity index (χ0v) is 19.8. The monoisotopic (exact) mass is 503 g/mol. The predicted octanol–water partition coefficient (Wildman–Crippen LogP) is 4.47. The van der Waals surface area contributed by atoms with E-state index in [1.165, 1.54) is 12.1 Å². The van der Waals surface area contributed by atoms with Crippen LogP contribution in [-0.4, -0.2) is 48.5 Å². The summed E-state index contributed by atoms with van der Waals surface area (Å²) in [5.74, 6) is -0.715. The summed E-state index contributed by atoms with van der Waals surface area (Å²) in [5.41, 5.74) is 2.21. The predicted molar refractivity (Wildman–Crippen MR) is 130 cm³/mol. The van der Waals surface area contributed by atoms with Crippen molar-refractivity contribution in [2.45, 2.75) is 12.5 Å². The van der Waals surface area contributed by atoms with Crippen LogP contribution in [0.15, 0.2) is 60.7 Å². The van der Waals surface area contributed by atoms with Gasteiger partial charge >= 0.3 is 5.97 Å². The highest BCUT2D eigenvalue weighted by Crippen LogP contribution is 2.38. The van der Waals surface area contributed by atoms with Gasteiger partial charge in [0, 0.05) is 6.42 Å². The quantitative estimate of drug-likeness (QED) is 0.377. The van der Waals surface area contributed by atoms with Crippen LogP contribution in [-0.2, 0) is 11.2 Å². The van der Waals surface area contributed by atoms with E-state index in [0.29, 0.717) is 22.6 Å². The first-order valence-corrected chi connectivity index (χ1v) is 11.1. The van der Waals surface area contributed by atoms with Crippen LogP contribution in [0.2, 0.25) is 10.0 Å². The van der Waals surface area contributed by atoms with Crippen LogP contribution in [0.25, 0.3) is 11.1 Å². The first-order chi connectivity index (χ1) is 16.3. The summed E-state index contributed by atoms with van der Waals surface area (Å²) in [6.45, 7) is 0.00494. The van der Waals surface area contributed by atoms with Gasteiger partial charge in [-0.2, -0.15) is 0 Å². The fourth-order valence-electron chi connectivity index (χ4n) is 3.43. The second kappa shape index (κ2) is 11.7. The van der Waals surface area contributed by atoms with Crippen LogP contribution in [0.3, 0.4) is 0 Å². The lowest BCUT2D eigenvalue weighted by Gasteiger charge is -2.17. The standard InChI is InChI=1S/C25H23Cl2NO6/c1-33-20-6-3-7-21(34-13-12-29)22(20)16-10-8-15(9-11-16)14-19(25(31)32)28-24(30)23-17(26)4-2-5-18(23)27/h2-11,19,29H,12-14H2,1H3,(H,28,30)(H,31,32)/t19-/m0/s1. The number of carboxylic acids is 1. The number of rotatable bonds is 10. The number of benzene rings is 3. The second-order valence-corrected chi connectivity index (χ2v) is 8.08. The van der Waals surface area contributed by atoms with Crippen molar-refractivity contribution < 1.29 is 29.3 Å². The molecular formula is C25H23Cl2NO6. The van der Waals surface area contributed by atoms with Gasteiger partial charge < -0.3 is 25.0 Å². The Balaban J connectivity index is 1.82. The van der Waals surface area contributed by atoms with E-state index in [-0.39, 0.29) is 35.2 Å². The largest absolute Gasteiger partial charge is 0.496 e. The van der Waals surface area contributed by atoms with E-state index in [0.717, 1.165) is 5.56 Å². The maximum Gasteiger partial charge on any atom is 0.326 e. The molecule has 0 saturated carbocycles. The van der Waals surface area contributed by atoms with Crippen LogP contribution >= 0.6 is 23.2 Å². The topological polar surface area (TPSA) is 105 Å². The molecule has 0 saturated heterocycles. The molecule has 0 unspecified atom stereocenters. The first kappa shape index (κ1) is 25.4. The molecule has 0 bridgehead atoms. The second-order valence-electron chi connectivity index (χ2n) is 7.27. The van der Waals surface area contributed by atoms with E-state index in [4.69, 9.17) is 37.8 Å². The third kappa shape index (κ3) is 5.99. The highest BCUT2D eigenvalue weighted by atomic mass is 35.5. The first-order valence-electron chi connectivity index (χ1n) is 10.3.